The summed E-state index contributed by atoms with van der Waals surface area (Å²) in [6, 6.07) is 3.38. The quantitative estimate of drug-likeness (QED) is 0.823. The number of rotatable bonds is 3. The van der Waals surface area contributed by atoms with E-state index < -0.39 is 11.6 Å². The third-order valence-corrected chi connectivity index (χ3v) is 5.88. The second-order valence-corrected chi connectivity index (χ2v) is 7.43. The van der Waals surface area contributed by atoms with Crippen LogP contribution in [-0.2, 0) is 4.79 Å². The molecule has 5 nitrogen and oxygen atoms in total. The lowest BCUT2D eigenvalue weighted by molar-refractivity contribution is -0.121. The average molecular weight is 378 g/mol. The van der Waals surface area contributed by atoms with E-state index in [2.05, 4.69) is 14.8 Å². The van der Waals surface area contributed by atoms with Crippen LogP contribution >= 0.6 is 11.3 Å². The van der Waals surface area contributed by atoms with Gasteiger partial charge in [0.05, 0.1) is 6.04 Å². The lowest BCUT2D eigenvalue weighted by atomic mass is 10.2. The maximum atomic E-state index is 14.1. The van der Waals surface area contributed by atoms with Crippen molar-refractivity contribution in [2.45, 2.75) is 18.9 Å². The molecule has 0 saturated carbocycles. The average Bonchev–Trinajstić information content (AvgIpc) is 3.21. The highest BCUT2D eigenvalue weighted by atomic mass is 32.1. The Balaban J connectivity index is 1.47. The van der Waals surface area contributed by atoms with E-state index in [0.29, 0.717) is 13.0 Å². The lowest BCUT2D eigenvalue weighted by Gasteiger charge is -2.26. The first-order valence-corrected chi connectivity index (χ1v) is 9.67. The monoisotopic (exact) mass is 378 g/mol. The number of hydrogen-bond donors (Lipinski definition) is 0. The van der Waals surface area contributed by atoms with Crippen molar-refractivity contribution < 1.29 is 13.6 Å². The minimum Gasteiger partial charge on any atom is -0.347 e. The molecular formula is C18H20F2N4OS. The van der Waals surface area contributed by atoms with E-state index in [9.17, 15) is 13.6 Å². The molecule has 4 rings (SSSR count). The van der Waals surface area contributed by atoms with Crippen LogP contribution < -0.4 is 9.80 Å². The first kappa shape index (κ1) is 17.4. The predicted octanol–water partition coefficient (Wildman–Crippen LogP) is 2.74. The highest BCUT2D eigenvalue weighted by Crippen LogP contribution is 2.30. The number of hydrogen-bond acceptors (Lipinski definition) is 5. The Morgan fingerprint density at radius 3 is 2.62 bits per heavy atom. The smallest absolute Gasteiger partial charge is 0.244 e. The maximum Gasteiger partial charge on any atom is 0.244 e. The summed E-state index contributed by atoms with van der Waals surface area (Å²) in [4.78, 5) is 22.9. The summed E-state index contributed by atoms with van der Waals surface area (Å²) in [6.07, 6.45) is 3.31. The summed E-state index contributed by atoms with van der Waals surface area (Å²) in [7, 11) is 0. The van der Waals surface area contributed by atoms with Crippen LogP contribution in [0.1, 0.15) is 12.8 Å². The molecule has 1 aromatic heterocycles. The molecule has 0 aliphatic carbocycles. The number of thiazole rings is 1. The van der Waals surface area contributed by atoms with Gasteiger partial charge < -0.3 is 9.80 Å². The minimum absolute atomic E-state index is 0.211. The van der Waals surface area contributed by atoms with E-state index in [0.717, 1.165) is 37.7 Å². The van der Waals surface area contributed by atoms with Gasteiger partial charge in [-0.25, -0.2) is 13.8 Å². The van der Waals surface area contributed by atoms with Gasteiger partial charge in [0, 0.05) is 44.3 Å². The lowest BCUT2D eigenvalue weighted by Crippen LogP contribution is -2.44. The number of para-hydroxylation sites is 1. The van der Waals surface area contributed by atoms with Crippen LogP contribution in [0.2, 0.25) is 0 Å². The van der Waals surface area contributed by atoms with E-state index in [1.54, 1.807) is 17.5 Å². The Kier molecular flexibility index (Phi) is 4.86. The van der Waals surface area contributed by atoms with E-state index in [1.807, 2.05) is 5.38 Å². The highest BCUT2D eigenvalue weighted by molar-refractivity contribution is 7.13. The zero-order valence-corrected chi connectivity index (χ0v) is 15.1. The molecule has 2 fully saturated rings. The van der Waals surface area contributed by atoms with Crippen molar-refractivity contribution in [3.63, 3.8) is 0 Å². The Bertz CT molecular complexity index is 765. The molecule has 8 heteroatoms. The first-order chi connectivity index (χ1) is 12.6. The Morgan fingerprint density at radius 2 is 1.88 bits per heavy atom. The number of nitrogens with zero attached hydrogens (tertiary/aromatic N) is 4. The molecule has 2 aliphatic rings. The summed E-state index contributed by atoms with van der Waals surface area (Å²) < 4.78 is 28.1. The number of halogens is 2. The fraction of sp³-hybridized carbons (Fsp3) is 0.444. The number of amides is 1. The minimum atomic E-state index is -0.690. The Labute approximate surface area is 154 Å². The maximum absolute atomic E-state index is 14.1. The van der Waals surface area contributed by atoms with E-state index in [4.69, 9.17) is 0 Å². The molecule has 0 bridgehead atoms. The number of aromatic nitrogens is 1. The van der Waals surface area contributed by atoms with Gasteiger partial charge in [0.25, 0.3) is 0 Å². The second kappa shape index (κ2) is 7.28. The molecular weight excluding hydrogens is 358 g/mol. The van der Waals surface area contributed by atoms with Gasteiger partial charge in [0.15, 0.2) is 5.13 Å². The predicted molar refractivity (Wildman–Crippen MR) is 97.6 cm³/mol. The molecule has 1 amide bonds. The fourth-order valence-corrected chi connectivity index (χ4v) is 4.48. The SMILES string of the molecule is O=C1C(N2CCCN(c3nccs3)CC2)CCN1c1c(F)cccc1F. The molecule has 26 heavy (non-hydrogen) atoms. The summed E-state index contributed by atoms with van der Waals surface area (Å²) in [6.45, 7) is 3.57. The zero-order chi connectivity index (χ0) is 18.1. The van der Waals surface area contributed by atoms with Crippen LogP contribution in [0.15, 0.2) is 29.8 Å². The molecule has 2 saturated heterocycles. The van der Waals surface area contributed by atoms with Crippen molar-refractivity contribution in [2.24, 2.45) is 0 Å². The molecule has 2 aromatic rings. The van der Waals surface area contributed by atoms with E-state index in [-0.39, 0.29) is 17.6 Å². The topological polar surface area (TPSA) is 39.7 Å². The molecule has 0 radical (unpaired) electrons. The summed E-state index contributed by atoms with van der Waals surface area (Å²) >= 11 is 1.61. The van der Waals surface area contributed by atoms with Crippen molar-refractivity contribution in [1.29, 1.82) is 0 Å². The molecule has 0 spiro atoms. The zero-order valence-electron chi connectivity index (χ0n) is 14.3. The van der Waals surface area contributed by atoms with Gasteiger partial charge >= 0.3 is 0 Å². The van der Waals surface area contributed by atoms with E-state index >= 15 is 0 Å². The standard InChI is InChI=1S/C18H20F2N4OS/c19-13-3-1-4-14(20)16(13)24-9-5-15(17(24)25)22-7-2-8-23(11-10-22)18-21-6-12-26-18/h1,3-4,6,12,15H,2,5,7-11H2. The van der Waals surface area contributed by atoms with Gasteiger partial charge in [0.2, 0.25) is 5.91 Å². The third kappa shape index (κ3) is 3.19. The Hall–Kier alpha value is -2.06. The Morgan fingerprint density at radius 1 is 1.08 bits per heavy atom. The van der Waals surface area contributed by atoms with E-state index in [1.165, 1.54) is 23.1 Å². The molecule has 1 atom stereocenters. The molecule has 1 unspecified atom stereocenters. The molecule has 1 aromatic carbocycles. The highest BCUT2D eigenvalue weighted by Gasteiger charge is 2.39. The van der Waals surface area contributed by atoms with Crippen molar-refractivity contribution in [2.75, 3.05) is 42.5 Å². The summed E-state index contributed by atoms with van der Waals surface area (Å²) in [5, 5.41) is 2.96. The molecule has 2 aliphatic heterocycles. The summed E-state index contributed by atoms with van der Waals surface area (Å²) in [5.74, 6) is -1.59. The van der Waals surface area contributed by atoms with Crippen LogP contribution in [0.4, 0.5) is 19.6 Å². The fourth-order valence-electron chi connectivity index (χ4n) is 3.79. The molecule has 3 heterocycles. The van der Waals surface area contributed by atoms with Crippen LogP contribution in [0.3, 0.4) is 0 Å². The first-order valence-electron chi connectivity index (χ1n) is 8.79. The van der Waals surface area contributed by atoms with Gasteiger partial charge in [-0.1, -0.05) is 6.07 Å². The summed E-state index contributed by atoms with van der Waals surface area (Å²) in [5.41, 5.74) is -0.223. The van der Waals surface area contributed by atoms with Gasteiger partial charge in [-0.05, 0) is 25.0 Å². The number of carbonyl (C=O) groups excluding carboxylic acids is 1. The van der Waals surface area contributed by atoms with Crippen molar-refractivity contribution in [3.8, 4) is 0 Å². The molecule has 0 N–H and O–H groups in total. The number of carbonyl (C=O) groups is 1. The third-order valence-electron chi connectivity index (χ3n) is 5.05. The number of benzene rings is 1. The van der Waals surface area contributed by atoms with Gasteiger partial charge in [-0.15, -0.1) is 11.3 Å². The van der Waals surface area contributed by atoms with Crippen LogP contribution in [0.25, 0.3) is 0 Å². The van der Waals surface area contributed by atoms with Gasteiger partial charge in [-0.2, -0.15) is 0 Å². The van der Waals surface area contributed by atoms with Crippen LogP contribution in [0, 0.1) is 11.6 Å². The normalized spacial score (nSPS) is 22.1. The van der Waals surface area contributed by atoms with Gasteiger partial charge in [-0.3, -0.25) is 9.69 Å². The number of anilines is 2. The van der Waals surface area contributed by atoms with Gasteiger partial charge in [0.1, 0.15) is 17.3 Å². The van der Waals surface area contributed by atoms with Crippen molar-refractivity contribution in [3.05, 3.63) is 41.4 Å². The van der Waals surface area contributed by atoms with Crippen molar-refractivity contribution >= 4 is 28.1 Å². The van der Waals surface area contributed by atoms with Crippen molar-refractivity contribution in [1.82, 2.24) is 9.88 Å². The largest absolute Gasteiger partial charge is 0.347 e. The van der Waals surface area contributed by atoms with Crippen LogP contribution in [-0.4, -0.2) is 54.6 Å². The second-order valence-electron chi connectivity index (χ2n) is 6.56. The molecule has 138 valence electrons. The van der Waals surface area contributed by atoms with Crippen LogP contribution in [0.5, 0.6) is 0 Å².